The predicted octanol–water partition coefficient (Wildman–Crippen LogP) is 3.08. The molecule has 1 atom stereocenters. The number of nitro benzene ring substituents is 1. The first kappa shape index (κ1) is 14.8. The van der Waals surface area contributed by atoms with E-state index in [2.05, 4.69) is 0 Å². The summed E-state index contributed by atoms with van der Waals surface area (Å²) < 4.78 is 10.5. The molecule has 0 spiro atoms. The van der Waals surface area contributed by atoms with E-state index >= 15 is 0 Å². The summed E-state index contributed by atoms with van der Waals surface area (Å²) in [5.74, 6) is -0.0586. The number of carbonyl (C=O) groups excluding carboxylic acids is 1. The van der Waals surface area contributed by atoms with Crippen molar-refractivity contribution in [3.8, 4) is 5.75 Å². The fourth-order valence-corrected chi connectivity index (χ4v) is 2.02. The van der Waals surface area contributed by atoms with Gasteiger partial charge in [0, 0.05) is 11.5 Å². The molecule has 2 rings (SSSR count). The molecule has 6 heteroatoms. The summed E-state index contributed by atoms with van der Waals surface area (Å²) >= 11 is 0. The monoisotopic (exact) mass is 289 g/mol. The number of hydrogen-bond donors (Lipinski definition) is 0. The third kappa shape index (κ3) is 3.10. The number of carbonyl (C=O) groups is 1. The minimum Gasteiger partial charge on any atom is -0.478 e. The van der Waals surface area contributed by atoms with Crippen LogP contribution in [0.3, 0.4) is 0 Å². The number of ether oxygens (including phenoxy) is 2. The molecule has 0 N–H and O–H groups in total. The van der Waals surface area contributed by atoms with E-state index in [1.165, 1.54) is 12.1 Å². The minimum absolute atomic E-state index is 0.00161. The Morgan fingerprint density at radius 2 is 1.90 bits per heavy atom. The highest BCUT2D eigenvalue weighted by atomic mass is 16.6. The molecule has 0 aliphatic rings. The third-order valence-corrected chi connectivity index (χ3v) is 2.98. The summed E-state index contributed by atoms with van der Waals surface area (Å²) in [6.45, 7) is 3.56. The highest BCUT2D eigenvalue weighted by molar-refractivity contribution is 5.95. The average molecular weight is 289 g/mol. The number of fused-ring (bicyclic) bond motifs is 1. The lowest BCUT2D eigenvalue weighted by molar-refractivity contribution is -0.383. The number of rotatable bonds is 5. The Morgan fingerprint density at radius 1 is 1.24 bits per heavy atom. The lowest BCUT2D eigenvalue weighted by atomic mass is 10.1. The minimum atomic E-state index is -0.783. The van der Waals surface area contributed by atoms with Crippen LogP contribution in [0.1, 0.15) is 13.8 Å². The Hall–Kier alpha value is -2.63. The van der Waals surface area contributed by atoms with Gasteiger partial charge in [-0.2, -0.15) is 0 Å². The van der Waals surface area contributed by atoms with Crippen molar-refractivity contribution >= 4 is 22.4 Å². The molecule has 0 bridgehead atoms. The second-order valence-electron chi connectivity index (χ2n) is 4.40. The van der Waals surface area contributed by atoms with Gasteiger partial charge in [-0.3, -0.25) is 10.1 Å². The van der Waals surface area contributed by atoms with Crippen molar-refractivity contribution in [3.63, 3.8) is 0 Å². The van der Waals surface area contributed by atoms with Gasteiger partial charge in [-0.1, -0.05) is 18.2 Å². The summed E-state index contributed by atoms with van der Waals surface area (Å²) in [4.78, 5) is 22.2. The Labute approximate surface area is 121 Å². The lowest BCUT2D eigenvalue weighted by Gasteiger charge is -2.15. The van der Waals surface area contributed by atoms with Crippen molar-refractivity contribution in [2.24, 2.45) is 0 Å². The second-order valence-corrected chi connectivity index (χ2v) is 4.40. The Bertz CT molecular complexity index is 683. The summed E-state index contributed by atoms with van der Waals surface area (Å²) in [7, 11) is 0. The molecular weight excluding hydrogens is 274 g/mol. The van der Waals surface area contributed by atoms with Crippen LogP contribution in [-0.2, 0) is 9.53 Å². The molecule has 1 unspecified atom stereocenters. The van der Waals surface area contributed by atoms with Gasteiger partial charge < -0.3 is 9.47 Å². The number of hydrogen-bond acceptors (Lipinski definition) is 5. The van der Waals surface area contributed by atoms with Crippen LogP contribution in [-0.4, -0.2) is 23.6 Å². The van der Waals surface area contributed by atoms with Crippen molar-refractivity contribution in [3.05, 3.63) is 46.5 Å². The first-order chi connectivity index (χ1) is 10.0. The fourth-order valence-electron chi connectivity index (χ4n) is 2.02. The quantitative estimate of drug-likeness (QED) is 0.480. The van der Waals surface area contributed by atoms with Crippen molar-refractivity contribution in [2.45, 2.75) is 20.0 Å². The molecular formula is C15H15NO5. The van der Waals surface area contributed by atoms with Crippen molar-refractivity contribution in [1.29, 1.82) is 0 Å². The Balaban J connectivity index is 2.40. The van der Waals surface area contributed by atoms with E-state index in [1.54, 1.807) is 38.1 Å². The number of benzene rings is 2. The van der Waals surface area contributed by atoms with E-state index in [1.807, 2.05) is 0 Å². The van der Waals surface area contributed by atoms with Crippen LogP contribution in [0.25, 0.3) is 10.8 Å². The predicted molar refractivity (Wildman–Crippen MR) is 77.3 cm³/mol. The number of non-ortho nitro benzene ring substituents is 1. The first-order valence-electron chi connectivity index (χ1n) is 6.54. The fraction of sp³-hybridized carbons (Fsp3) is 0.267. The molecule has 0 saturated heterocycles. The molecule has 0 heterocycles. The van der Waals surface area contributed by atoms with Crippen LogP contribution in [0.15, 0.2) is 36.4 Å². The van der Waals surface area contributed by atoms with Crippen molar-refractivity contribution in [1.82, 2.24) is 0 Å². The van der Waals surface area contributed by atoms with Gasteiger partial charge in [0.15, 0.2) is 6.10 Å². The van der Waals surface area contributed by atoms with E-state index in [0.29, 0.717) is 16.5 Å². The SMILES string of the molecule is CCOC(=O)C(C)Oc1ccc([N+](=O)[O-])c2ccccc12. The van der Waals surface area contributed by atoms with E-state index in [9.17, 15) is 14.9 Å². The van der Waals surface area contributed by atoms with Gasteiger partial charge in [0.1, 0.15) is 5.75 Å². The second kappa shape index (κ2) is 6.21. The number of nitrogens with zero attached hydrogens (tertiary/aromatic N) is 1. The van der Waals surface area contributed by atoms with Crippen LogP contribution in [0.4, 0.5) is 5.69 Å². The largest absolute Gasteiger partial charge is 0.478 e. The van der Waals surface area contributed by atoms with Gasteiger partial charge in [0.05, 0.1) is 16.9 Å². The van der Waals surface area contributed by atoms with E-state index in [4.69, 9.17) is 9.47 Å². The zero-order valence-corrected chi connectivity index (χ0v) is 11.7. The Kier molecular flexibility index (Phi) is 4.37. The molecule has 21 heavy (non-hydrogen) atoms. The maximum atomic E-state index is 11.6. The molecule has 0 aliphatic heterocycles. The van der Waals surface area contributed by atoms with Gasteiger partial charge in [-0.05, 0) is 26.0 Å². The van der Waals surface area contributed by atoms with Crippen LogP contribution in [0.2, 0.25) is 0 Å². The molecule has 0 saturated carbocycles. The Morgan fingerprint density at radius 3 is 2.52 bits per heavy atom. The highest BCUT2D eigenvalue weighted by Gasteiger charge is 2.19. The number of nitro groups is 1. The molecule has 0 amide bonds. The van der Waals surface area contributed by atoms with E-state index in [-0.39, 0.29) is 12.3 Å². The maximum Gasteiger partial charge on any atom is 0.347 e. The summed E-state index contributed by atoms with van der Waals surface area (Å²) in [5, 5.41) is 12.1. The third-order valence-electron chi connectivity index (χ3n) is 2.98. The molecule has 0 radical (unpaired) electrons. The maximum absolute atomic E-state index is 11.6. The summed E-state index contributed by atoms with van der Waals surface area (Å²) in [6.07, 6.45) is -0.783. The van der Waals surface area contributed by atoms with E-state index < -0.39 is 17.0 Å². The summed E-state index contributed by atoms with van der Waals surface area (Å²) in [5.41, 5.74) is 0.00161. The van der Waals surface area contributed by atoms with Gasteiger partial charge in [0.2, 0.25) is 0 Å². The van der Waals surface area contributed by atoms with Crippen LogP contribution in [0.5, 0.6) is 5.75 Å². The highest BCUT2D eigenvalue weighted by Crippen LogP contribution is 2.33. The molecule has 110 valence electrons. The van der Waals surface area contributed by atoms with Crippen LogP contribution >= 0.6 is 0 Å². The number of esters is 1. The first-order valence-corrected chi connectivity index (χ1v) is 6.54. The lowest BCUT2D eigenvalue weighted by Crippen LogP contribution is -2.26. The van der Waals surface area contributed by atoms with E-state index in [0.717, 1.165) is 0 Å². The van der Waals surface area contributed by atoms with Crippen molar-refractivity contribution in [2.75, 3.05) is 6.61 Å². The van der Waals surface area contributed by atoms with Crippen molar-refractivity contribution < 1.29 is 19.2 Å². The van der Waals surface area contributed by atoms with Crippen LogP contribution in [0, 0.1) is 10.1 Å². The zero-order chi connectivity index (χ0) is 15.4. The molecule has 2 aromatic carbocycles. The smallest absolute Gasteiger partial charge is 0.347 e. The zero-order valence-electron chi connectivity index (χ0n) is 11.7. The molecule has 2 aromatic rings. The molecule has 0 aromatic heterocycles. The molecule has 0 fully saturated rings. The van der Waals surface area contributed by atoms with Gasteiger partial charge in [-0.15, -0.1) is 0 Å². The topological polar surface area (TPSA) is 78.7 Å². The summed E-state index contributed by atoms with van der Waals surface area (Å²) in [6, 6.07) is 9.71. The van der Waals surface area contributed by atoms with Gasteiger partial charge in [0.25, 0.3) is 5.69 Å². The molecule has 0 aliphatic carbocycles. The van der Waals surface area contributed by atoms with Crippen LogP contribution < -0.4 is 4.74 Å². The molecule has 6 nitrogen and oxygen atoms in total. The normalized spacial score (nSPS) is 11.9. The average Bonchev–Trinajstić information content (AvgIpc) is 2.47. The van der Waals surface area contributed by atoms with Gasteiger partial charge in [-0.25, -0.2) is 4.79 Å². The van der Waals surface area contributed by atoms with Gasteiger partial charge >= 0.3 is 5.97 Å². The standard InChI is InChI=1S/C15H15NO5/c1-3-20-15(17)10(2)21-14-9-8-13(16(18)19)11-6-4-5-7-12(11)14/h4-10H,3H2,1-2H3.